The summed E-state index contributed by atoms with van der Waals surface area (Å²) >= 11 is 2.35. The van der Waals surface area contributed by atoms with Crippen molar-refractivity contribution in [3.63, 3.8) is 0 Å². The van der Waals surface area contributed by atoms with E-state index in [4.69, 9.17) is 9.47 Å². The van der Waals surface area contributed by atoms with Gasteiger partial charge < -0.3 is 14.6 Å². The van der Waals surface area contributed by atoms with E-state index in [1.807, 2.05) is 18.2 Å². The maximum atomic E-state index is 10.2. The molecule has 2 rings (SSSR count). The van der Waals surface area contributed by atoms with E-state index in [0.29, 0.717) is 13.2 Å². The van der Waals surface area contributed by atoms with E-state index < -0.39 is 5.60 Å². The molecule has 1 aliphatic rings. The Morgan fingerprint density at radius 3 is 2.67 bits per heavy atom. The average Bonchev–Trinajstić information content (AvgIpc) is 2.47. The van der Waals surface area contributed by atoms with Gasteiger partial charge in [0.05, 0.1) is 35.6 Å². The van der Waals surface area contributed by atoms with E-state index in [2.05, 4.69) is 39.6 Å². The number of ether oxygens (including phenoxy) is 2. The van der Waals surface area contributed by atoms with Gasteiger partial charge in [-0.25, -0.2) is 0 Å². The number of rotatable bonds is 6. The number of hydrogen-bond donors (Lipinski definition) is 1. The highest BCUT2D eigenvalue weighted by molar-refractivity contribution is 14.1. The van der Waals surface area contributed by atoms with Gasteiger partial charge in [0.15, 0.2) is 0 Å². The van der Waals surface area contributed by atoms with Crippen LogP contribution in [-0.4, -0.2) is 52.1 Å². The summed E-state index contributed by atoms with van der Waals surface area (Å²) in [5, 5.41) is 10.2. The fourth-order valence-corrected chi connectivity index (χ4v) is 2.93. The van der Waals surface area contributed by atoms with Crippen LogP contribution < -0.4 is 0 Å². The van der Waals surface area contributed by atoms with E-state index in [1.54, 1.807) is 13.8 Å². The van der Waals surface area contributed by atoms with Gasteiger partial charge in [-0.15, -0.1) is 0 Å². The average molecular weight is 405 g/mol. The molecule has 1 unspecified atom stereocenters. The second kappa shape index (κ2) is 7.87. The van der Waals surface area contributed by atoms with Crippen molar-refractivity contribution in [1.82, 2.24) is 4.90 Å². The molecule has 0 aromatic heterocycles. The zero-order valence-corrected chi connectivity index (χ0v) is 14.8. The molecule has 5 heteroatoms. The molecule has 1 aromatic rings. The summed E-state index contributed by atoms with van der Waals surface area (Å²) in [5.74, 6) is 0. The molecular formula is C16H24INO3. The number of alkyl halides is 1. The quantitative estimate of drug-likeness (QED) is 0.449. The topological polar surface area (TPSA) is 41.9 Å². The number of halogens is 1. The third-order valence-corrected chi connectivity index (χ3v) is 4.58. The van der Waals surface area contributed by atoms with Crippen molar-refractivity contribution in [3.8, 4) is 0 Å². The minimum absolute atomic E-state index is 0.00801. The highest BCUT2D eigenvalue weighted by Crippen LogP contribution is 2.22. The van der Waals surface area contributed by atoms with Gasteiger partial charge in [-0.05, 0) is 19.4 Å². The smallest absolute Gasteiger partial charge is 0.0988 e. The third kappa shape index (κ3) is 5.49. The molecule has 1 fully saturated rings. The third-order valence-electron chi connectivity index (χ3n) is 3.61. The minimum atomic E-state index is -0.831. The summed E-state index contributed by atoms with van der Waals surface area (Å²) in [6, 6.07) is 10.1. The molecule has 0 radical (unpaired) electrons. The Morgan fingerprint density at radius 1 is 1.33 bits per heavy atom. The number of morpholine rings is 1. The number of hydrogen-bond acceptors (Lipinski definition) is 4. The number of nitrogens with zero attached hydrogens (tertiary/aromatic N) is 1. The molecule has 2 atom stereocenters. The van der Waals surface area contributed by atoms with Crippen LogP contribution in [0.3, 0.4) is 0 Å². The maximum absolute atomic E-state index is 10.2. The predicted octanol–water partition coefficient (Wildman–Crippen LogP) is 2.44. The van der Waals surface area contributed by atoms with E-state index in [9.17, 15) is 5.11 Å². The predicted molar refractivity (Wildman–Crippen MR) is 91.5 cm³/mol. The Balaban J connectivity index is 1.84. The van der Waals surface area contributed by atoms with Crippen molar-refractivity contribution < 1.29 is 14.6 Å². The number of aliphatic hydroxyl groups is 1. The molecule has 1 aliphatic heterocycles. The standard InChI is InChI=1S/C16H24INO3/c1-16(2,19)15-9-18(12-17)8-14(21-15)11-20-10-13-6-4-3-5-7-13/h3-7,14-15,19H,8-12H2,1-2H3/t14-,15?/m1/s1. The molecule has 1 saturated heterocycles. The summed E-state index contributed by atoms with van der Waals surface area (Å²) in [7, 11) is 0. The van der Waals surface area contributed by atoms with Gasteiger partial charge >= 0.3 is 0 Å². The van der Waals surface area contributed by atoms with Crippen molar-refractivity contribution in [2.45, 2.75) is 38.3 Å². The van der Waals surface area contributed by atoms with Crippen LogP contribution >= 0.6 is 22.6 Å². The first-order valence-corrected chi connectivity index (χ1v) is 8.79. The van der Waals surface area contributed by atoms with Crippen molar-refractivity contribution >= 4 is 22.6 Å². The van der Waals surface area contributed by atoms with Gasteiger partial charge in [0, 0.05) is 13.1 Å². The number of benzene rings is 1. The highest BCUT2D eigenvalue weighted by atomic mass is 127. The second-order valence-corrected chi connectivity index (χ2v) is 6.74. The molecule has 1 N–H and O–H groups in total. The van der Waals surface area contributed by atoms with Crippen LogP contribution in [-0.2, 0) is 16.1 Å². The van der Waals surface area contributed by atoms with Crippen LogP contribution in [0.2, 0.25) is 0 Å². The zero-order valence-electron chi connectivity index (χ0n) is 12.7. The van der Waals surface area contributed by atoms with E-state index >= 15 is 0 Å². The van der Waals surface area contributed by atoms with Crippen molar-refractivity contribution in [1.29, 1.82) is 0 Å². The Hall–Kier alpha value is -0.210. The van der Waals surface area contributed by atoms with Crippen molar-refractivity contribution in [3.05, 3.63) is 35.9 Å². The highest BCUT2D eigenvalue weighted by Gasteiger charge is 2.36. The molecule has 0 amide bonds. The van der Waals surface area contributed by atoms with Gasteiger partial charge in [-0.1, -0.05) is 52.9 Å². The van der Waals surface area contributed by atoms with Crippen LogP contribution in [0, 0.1) is 0 Å². The summed E-state index contributed by atoms with van der Waals surface area (Å²) in [4.78, 5) is 2.29. The fraction of sp³-hybridized carbons (Fsp3) is 0.625. The largest absolute Gasteiger partial charge is 0.388 e. The van der Waals surface area contributed by atoms with Gasteiger partial charge in [0.25, 0.3) is 0 Å². The lowest BCUT2D eigenvalue weighted by Gasteiger charge is -2.41. The van der Waals surface area contributed by atoms with Gasteiger partial charge in [0.2, 0.25) is 0 Å². The Kier molecular flexibility index (Phi) is 6.43. The monoisotopic (exact) mass is 405 g/mol. The second-order valence-electron chi connectivity index (χ2n) is 6.06. The molecule has 0 spiro atoms. The SMILES string of the molecule is CC(C)(O)C1CN(CI)C[C@H](COCc2ccccc2)O1. The van der Waals surface area contributed by atoms with Crippen LogP contribution in [0.4, 0.5) is 0 Å². The van der Waals surface area contributed by atoms with E-state index in [-0.39, 0.29) is 12.2 Å². The fourth-order valence-electron chi connectivity index (χ4n) is 2.38. The molecular weight excluding hydrogens is 381 g/mol. The lowest BCUT2D eigenvalue weighted by atomic mass is 9.99. The van der Waals surface area contributed by atoms with Crippen LogP contribution in [0.1, 0.15) is 19.4 Å². The van der Waals surface area contributed by atoms with Gasteiger partial charge in [-0.3, -0.25) is 4.90 Å². The van der Waals surface area contributed by atoms with Gasteiger partial charge in [0.1, 0.15) is 0 Å². The van der Waals surface area contributed by atoms with Gasteiger partial charge in [-0.2, -0.15) is 0 Å². The molecule has 4 nitrogen and oxygen atoms in total. The normalized spacial score (nSPS) is 24.2. The van der Waals surface area contributed by atoms with Crippen molar-refractivity contribution in [2.75, 3.05) is 24.2 Å². The first-order valence-electron chi connectivity index (χ1n) is 7.27. The van der Waals surface area contributed by atoms with E-state index in [1.165, 1.54) is 0 Å². The summed E-state index contributed by atoms with van der Waals surface area (Å²) < 4.78 is 12.7. The van der Waals surface area contributed by atoms with Crippen LogP contribution in [0.25, 0.3) is 0 Å². The Bertz CT molecular complexity index is 421. The lowest BCUT2D eigenvalue weighted by molar-refractivity contribution is -0.172. The maximum Gasteiger partial charge on any atom is 0.0988 e. The van der Waals surface area contributed by atoms with E-state index in [0.717, 1.165) is 23.2 Å². The molecule has 0 aliphatic carbocycles. The van der Waals surface area contributed by atoms with Crippen LogP contribution in [0.15, 0.2) is 30.3 Å². The molecule has 118 valence electrons. The first-order chi connectivity index (χ1) is 9.99. The molecule has 1 heterocycles. The minimum Gasteiger partial charge on any atom is -0.388 e. The molecule has 0 saturated carbocycles. The summed E-state index contributed by atoms with van der Waals surface area (Å²) in [6.07, 6.45) is -0.167. The van der Waals surface area contributed by atoms with Crippen molar-refractivity contribution in [2.24, 2.45) is 0 Å². The first kappa shape index (κ1) is 17.1. The van der Waals surface area contributed by atoms with Crippen LogP contribution in [0.5, 0.6) is 0 Å². The Labute approximate surface area is 140 Å². The lowest BCUT2D eigenvalue weighted by Crippen LogP contribution is -2.55. The summed E-state index contributed by atoms with van der Waals surface area (Å²) in [5.41, 5.74) is 0.334. The molecule has 21 heavy (non-hydrogen) atoms. The summed E-state index contributed by atoms with van der Waals surface area (Å²) in [6.45, 7) is 6.37. The molecule has 0 bridgehead atoms. The zero-order chi connectivity index (χ0) is 15.3. The Morgan fingerprint density at radius 2 is 2.05 bits per heavy atom. The molecule has 1 aromatic carbocycles.